The minimum absolute atomic E-state index is 0.0446. The van der Waals surface area contributed by atoms with Gasteiger partial charge in [-0.05, 0) is 40.0 Å². The predicted molar refractivity (Wildman–Crippen MR) is 118 cm³/mol. The van der Waals surface area contributed by atoms with E-state index < -0.39 is 35.7 Å². The van der Waals surface area contributed by atoms with Crippen molar-refractivity contribution in [2.45, 2.75) is 63.8 Å². The normalized spacial score (nSPS) is 23.6. The van der Waals surface area contributed by atoms with Crippen LogP contribution >= 0.6 is 15.9 Å². The van der Waals surface area contributed by atoms with Gasteiger partial charge in [-0.25, -0.2) is 10.2 Å². The van der Waals surface area contributed by atoms with Gasteiger partial charge in [0.1, 0.15) is 17.7 Å². The summed E-state index contributed by atoms with van der Waals surface area (Å²) in [5.41, 5.74) is 2.05. The number of carboxylic acids is 1. The molecule has 31 heavy (non-hydrogen) atoms. The first kappa shape index (κ1) is 25.6. The molecule has 2 aliphatic heterocycles. The molecule has 1 saturated heterocycles. The molecule has 3 atom stereocenters. The van der Waals surface area contributed by atoms with Crippen molar-refractivity contribution in [1.29, 1.82) is 0 Å². The Morgan fingerprint density at radius 2 is 2.10 bits per heavy atom. The molecule has 0 spiro atoms. The Morgan fingerprint density at radius 1 is 1.39 bits per heavy atom. The number of carbonyl (C=O) groups excluding carboxylic acids is 2. The molecule has 2 amide bonds. The first-order valence-corrected chi connectivity index (χ1v) is 11.2. The molecule has 1 fully saturated rings. The van der Waals surface area contributed by atoms with Crippen LogP contribution in [0.4, 0.5) is 4.79 Å². The average molecular weight is 505 g/mol. The number of nitrogens with zero attached hydrogens (tertiary/aromatic N) is 2. The Morgan fingerprint density at radius 3 is 2.71 bits per heavy atom. The van der Waals surface area contributed by atoms with Crippen molar-refractivity contribution in [3.8, 4) is 0 Å². The summed E-state index contributed by atoms with van der Waals surface area (Å²) in [6, 6.07) is -1.72. The SMILES string of the molecule is COC[C@H]1CC=C(Br)CN1C[C@H](NC(=O)OC(C)(C)C)C(=O)N1CCC[C@@H](C(=O)O)N1. The van der Waals surface area contributed by atoms with Crippen molar-refractivity contribution in [1.82, 2.24) is 20.7 Å². The first-order chi connectivity index (χ1) is 14.5. The number of hydrogen-bond acceptors (Lipinski definition) is 7. The summed E-state index contributed by atoms with van der Waals surface area (Å²) < 4.78 is 11.7. The summed E-state index contributed by atoms with van der Waals surface area (Å²) in [5, 5.41) is 13.3. The molecule has 0 unspecified atom stereocenters. The number of carbonyl (C=O) groups is 3. The number of hydrogen-bond donors (Lipinski definition) is 3. The standard InChI is InChI=1S/C20H33BrN4O6/c1-20(2,3)31-19(29)22-16(11-24-10-13(21)7-8-14(24)12-30-4)17(26)25-9-5-6-15(23-25)18(27)28/h7,14-16,23H,5-6,8-12H2,1-4H3,(H,22,29)(H,27,28)/t14-,15+,16+/m1/s1. The topological polar surface area (TPSA) is 120 Å². The highest BCUT2D eigenvalue weighted by Gasteiger charge is 2.35. The largest absolute Gasteiger partial charge is 0.480 e. The zero-order valence-corrected chi connectivity index (χ0v) is 20.1. The van der Waals surface area contributed by atoms with Crippen LogP contribution in [0.25, 0.3) is 0 Å². The van der Waals surface area contributed by atoms with E-state index in [1.165, 1.54) is 5.01 Å². The van der Waals surface area contributed by atoms with Crippen LogP contribution in [0.2, 0.25) is 0 Å². The van der Waals surface area contributed by atoms with Crippen molar-refractivity contribution in [2.75, 3.05) is 33.4 Å². The van der Waals surface area contributed by atoms with E-state index in [2.05, 4.69) is 37.6 Å². The van der Waals surface area contributed by atoms with Gasteiger partial charge in [-0.15, -0.1) is 0 Å². The third kappa shape index (κ3) is 8.06. The number of ether oxygens (including phenoxy) is 2. The second-order valence-corrected chi connectivity index (χ2v) is 9.79. The van der Waals surface area contributed by atoms with Gasteiger partial charge in [-0.2, -0.15) is 0 Å². The van der Waals surface area contributed by atoms with E-state index in [0.717, 1.165) is 10.9 Å². The lowest BCUT2D eigenvalue weighted by atomic mass is 10.1. The van der Waals surface area contributed by atoms with Crippen molar-refractivity contribution in [2.24, 2.45) is 0 Å². The monoisotopic (exact) mass is 504 g/mol. The number of alkyl carbamates (subject to hydrolysis) is 1. The number of aliphatic carboxylic acids is 1. The maximum Gasteiger partial charge on any atom is 0.408 e. The molecular weight excluding hydrogens is 472 g/mol. The second-order valence-electron chi connectivity index (χ2n) is 8.78. The van der Waals surface area contributed by atoms with Crippen LogP contribution in [0, 0.1) is 0 Å². The van der Waals surface area contributed by atoms with E-state index in [-0.39, 0.29) is 12.6 Å². The fourth-order valence-corrected chi connectivity index (χ4v) is 4.07. The van der Waals surface area contributed by atoms with E-state index in [0.29, 0.717) is 32.5 Å². The van der Waals surface area contributed by atoms with Gasteiger partial charge in [0.25, 0.3) is 5.91 Å². The van der Waals surface area contributed by atoms with Crippen molar-refractivity contribution in [3.63, 3.8) is 0 Å². The second kappa shape index (κ2) is 11.3. The Hall–Kier alpha value is -1.69. The molecule has 0 aliphatic carbocycles. The Labute approximate surface area is 191 Å². The van der Waals surface area contributed by atoms with E-state index in [4.69, 9.17) is 9.47 Å². The van der Waals surface area contributed by atoms with Gasteiger partial charge in [0.15, 0.2) is 0 Å². The van der Waals surface area contributed by atoms with Gasteiger partial charge in [0.05, 0.1) is 6.61 Å². The van der Waals surface area contributed by atoms with Crippen LogP contribution in [-0.2, 0) is 19.1 Å². The van der Waals surface area contributed by atoms with Crippen molar-refractivity contribution >= 4 is 33.9 Å². The quantitative estimate of drug-likeness (QED) is 0.476. The molecule has 0 radical (unpaired) electrons. The molecule has 0 bridgehead atoms. The number of hydrazine groups is 1. The Kier molecular flexibility index (Phi) is 9.28. The van der Waals surface area contributed by atoms with Gasteiger partial charge < -0.3 is 19.9 Å². The summed E-state index contributed by atoms with van der Waals surface area (Å²) in [5.74, 6) is -1.42. The van der Waals surface area contributed by atoms with Crippen LogP contribution in [0.5, 0.6) is 0 Å². The van der Waals surface area contributed by atoms with Gasteiger partial charge >= 0.3 is 12.1 Å². The minimum Gasteiger partial charge on any atom is -0.480 e. The highest BCUT2D eigenvalue weighted by atomic mass is 79.9. The van der Waals surface area contributed by atoms with E-state index in [1.54, 1.807) is 27.9 Å². The number of amides is 2. The van der Waals surface area contributed by atoms with Crippen LogP contribution in [0.3, 0.4) is 0 Å². The Balaban J connectivity index is 2.18. The van der Waals surface area contributed by atoms with Crippen LogP contribution in [0.1, 0.15) is 40.0 Å². The molecule has 2 aliphatic rings. The van der Waals surface area contributed by atoms with Crippen molar-refractivity contribution < 1.29 is 29.0 Å². The number of nitrogens with one attached hydrogen (secondary N) is 2. The molecule has 176 valence electrons. The molecule has 10 nitrogen and oxygen atoms in total. The summed E-state index contributed by atoms with van der Waals surface area (Å²) in [6.45, 7) is 6.87. The van der Waals surface area contributed by atoms with Gasteiger partial charge in [-0.1, -0.05) is 22.0 Å². The molecule has 0 aromatic heterocycles. The van der Waals surface area contributed by atoms with Crippen LogP contribution in [0.15, 0.2) is 10.6 Å². The number of halogens is 1. The molecule has 0 aromatic rings. The first-order valence-electron chi connectivity index (χ1n) is 10.4. The predicted octanol–water partition coefficient (Wildman–Crippen LogP) is 1.46. The summed E-state index contributed by atoms with van der Waals surface area (Å²) >= 11 is 3.52. The van der Waals surface area contributed by atoms with E-state index in [1.807, 2.05) is 0 Å². The summed E-state index contributed by atoms with van der Waals surface area (Å²) in [4.78, 5) is 39.2. The van der Waals surface area contributed by atoms with Crippen LogP contribution in [-0.4, -0.2) is 90.1 Å². The average Bonchev–Trinajstić information content (AvgIpc) is 2.67. The van der Waals surface area contributed by atoms with Gasteiger partial charge in [0, 0.05) is 37.3 Å². The van der Waals surface area contributed by atoms with Crippen LogP contribution < -0.4 is 10.7 Å². The zero-order chi connectivity index (χ0) is 23.2. The Bertz CT molecular complexity index is 696. The fraction of sp³-hybridized carbons (Fsp3) is 0.750. The maximum atomic E-state index is 13.3. The lowest BCUT2D eigenvalue weighted by molar-refractivity contribution is -0.148. The zero-order valence-electron chi connectivity index (χ0n) is 18.5. The summed E-state index contributed by atoms with van der Waals surface area (Å²) in [7, 11) is 1.62. The molecule has 3 N–H and O–H groups in total. The number of rotatable bonds is 7. The smallest absolute Gasteiger partial charge is 0.408 e. The van der Waals surface area contributed by atoms with Gasteiger partial charge in [-0.3, -0.25) is 19.5 Å². The number of carboxylic acid groups (broad SMARTS) is 1. The molecule has 2 heterocycles. The highest BCUT2D eigenvalue weighted by Crippen LogP contribution is 2.21. The lowest BCUT2D eigenvalue weighted by Crippen LogP contribution is -2.62. The fourth-order valence-electron chi connectivity index (χ4n) is 3.56. The van der Waals surface area contributed by atoms with E-state index >= 15 is 0 Å². The molecule has 11 heteroatoms. The van der Waals surface area contributed by atoms with E-state index in [9.17, 15) is 19.5 Å². The third-order valence-corrected chi connectivity index (χ3v) is 5.57. The molecule has 0 aromatic carbocycles. The lowest BCUT2D eigenvalue weighted by Gasteiger charge is -2.39. The summed E-state index contributed by atoms with van der Waals surface area (Å²) in [6.07, 6.45) is 3.10. The minimum atomic E-state index is -1.01. The molecular formula is C20H33BrN4O6. The van der Waals surface area contributed by atoms with Gasteiger partial charge in [0.2, 0.25) is 0 Å². The molecule has 0 saturated carbocycles. The van der Waals surface area contributed by atoms with Crippen molar-refractivity contribution in [3.05, 3.63) is 10.6 Å². The number of methoxy groups -OCH3 is 1. The third-order valence-electron chi connectivity index (χ3n) is 5.00. The molecule has 2 rings (SSSR count). The highest BCUT2D eigenvalue weighted by molar-refractivity contribution is 9.11. The maximum absolute atomic E-state index is 13.3.